The summed E-state index contributed by atoms with van der Waals surface area (Å²) in [6, 6.07) is 65.9. The predicted octanol–water partition coefficient (Wildman–Crippen LogP) is 16.3. The second-order valence-corrected chi connectivity index (χ2v) is 19.7. The molecule has 0 amide bonds. The van der Waals surface area contributed by atoms with Crippen molar-refractivity contribution >= 4 is 44.6 Å². The first kappa shape index (κ1) is 45.7. The molecule has 67 heavy (non-hydrogen) atoms. The minimum absolute atomic E-state index is 0. The zero-order chi connectivity index (χ0) is 45.8. The van der Waals surface area contributed by atoms with Crippen LogP contribution in [-0.4, -0.2) is 9.55 Å². The van der Waals surface area contributed by atoms with Gasteiger partial charge >= 0.3 is 0 Å². The minimum atomic E-state index is -0.160. The molecule has 3 heterocycles. The SMILES string of the molecule is CCC(CC)(c1ccccc1)c1ccnc(-n2c3[c-]c(Oc4[c-]c(N5[CH-]N(c6cc(C(C)(C)C)cc(C(C)(C)C)c6)c6ccccc65)ccc4)ccc3c3cc(-c4ccccc4)ccc32)c1.[Pt]. The number of pyridine rings is 1. The Balaban J connectivity index is 0.00000562. The van der Waals surface area contributed by atoms with E-state index >= 15 is 0 Å². The molecule has 0 spiro atoms. The first-order valence-corrected chi connectivity index (χ1v) is 23.3. The van der Waals surface area contributed by atoms with Gasteiger partial charge in [-0.25, -0.2) is 4.98 Å². The van der Waals surface area contributed by atoms with Gasteiger partial charge in [-0.1, -0.05) is 152 Å². The molecule has 7 aromatic carbocycles. The summed E-state index contributed by atoms with van der Waals surface area (Å²) in [6.45, 7) is 20.5. The van der Waals surface area contributed by atoms with Gasteiger partial charge in [0.25, 0.3) is 0 Å². The molecule has 10 rings (SSSR count). The normalized spacial score (nSPS) is 13.0. The number of hydrogen-bond acceptors (Lipinski definition) is 4. The van der Waals surface area contributed by atoms with Crippen LogP contribution < -0.4 is 14.5 Å². The van der Waals surface area contributed by atoms with Crippen molar-refractivity contribution in [3.63, 3.8) is 0 Å². The van der Waals surface area contributed by atoms with E-state index in [1.54, 1.807) is 0 Å². The van der Waals surface area contributed by atoms with Crippen LogP contribution in [0.2, 0.25) is 0 Å². The van der Waals surface area contributed by atoms with Gasteiger partial charge in [0.05, 0.1) is 0 Å². The van der Waals surface area contributed by atoms with Gasteiger partial charge in [0.1, 0.15) is 5.82 Å². The van der Waals surface area contributed by atoms with E-state index in [1.807, 2.05) is 24.4 Å². The van der Waals surface area contributed by atoms with Gasteiger partial charge in [0, 0.05) is 66.8 Å². The molecule has 0 radical (unpaired) electrons. The summed E-state index contributed by atoms with van der Waals surface area (Å²) in [6.07, 6.45) is 3.89. The van der Waals surface area contributed by atoms with Crippen LogP contribution in [0.5, 0.6) is 11.5 Å². The summed E-state index contributed by atoms with van der Waals surface area (Å²) in [5.41, 5.74) is 13.5. The van der Waals surface area contributed by atoms with E-state index in [-0.39, 0.29) is 37.3 Å². The Kier molecular flexibility index (Phi) is 12.3. The Hall–Kier alpha value is -6.42. The summed E-state index contributed by atoms with van der Waals surface area (Å²) < 4.78 is 9.00. The van der Waals surface area contributed by atoms with E-state index in [9.17, 15) is 0 Å². The molecular weight excluding hydrogens is 1000 g/mol. The topological polar surface area (TPSA) is 33.5 Å². The van der Waals surface area contributed by atoms with E-state index in [1.165, 1.54) is 27.8 Å². The summed E-state index contributed by atoms with van der Waals surface area (Å²) in [5.74, 6) is 2.05. The number of benzene rings is 7. The van der Waals surface area contributed by atoms with E-state index in [0.29, 0.717) is 11.5 Å². The van der Waals surface area contributed by atoms with Crippen LogP contribution in [0.3, 0.4) is 0 Å². The first-order valence-electron chi connectivity index (χ1n) is 23.3. The molecule has 9 aromatic rings. The Morgan fingerprint density at radius 2 is 1.18 bits per heavy atom. The molecule has 0 N–H and O–H groups in total. The van der Waals surface area contributed by atoms with E-state index in [0.717, 1.165) is 68.8 Å². The average Bonchev–Trinajstić information content (AvgIpc) is 3.88. The third kappa shape index (κ3) is 8.48. The molecular formula is C61H57N4OPt-3. The number of anilines is 4. The number of aromatic nitrogens is 2. The van der Waals surface area contributed by atoms with Crippen LogP contribution >= 0.6 is 0 Å². The molecule has 0 bridgehead atoms. The number of para-hydroxylation sites is 2. The van der Waals surface area contributed by atoms with E-state index in [2.05, 4.69) is 234 Å². The van der Waals surface area contributed by atoms with Gasteiger partial charge in [0.15, 0.2) is 0 Å². The maximum absolute atomic E-state index is 6.74. The minimum Gasteiger partial charge on any atom is -0.509 e. The molecule has 0 aliphatic carbocycles. The predicted molar refractivity (Wildman–Crippen MR) is 275 cm³/mol. The van der Waals surface area contributed by atoms with Crippen molar-refractivity contribution in [3.05, 3.63) is 211 Å². The second kappa shape index (κ2) is 18.0. The molecule has 5 nitrogen and oxygen atoms in total. The van der Waals surface area contributed by atoms with E-state index in [4.69, 9.17) is 9.72 Å². The summed E-state index contributed by atoms with van der Waals surface area (Å²) >= 11 is 0. The van der Waals surface area contributed by atoms with Crippen LogP contribution in [0.15, 0.2) is 170 Å². The number of nitrogens with zero attached hydrogens (tertiary/aromatic N) is 4. The number of rotatable bonds is 10. The number of fused-ring (bicyclic) bond motifs is 4. The van der Waals surface area contributed by atoms with Gasteiger partial charge in [-0.05, 0) is 105 Å². The molecule has 0 fully saturated rings. The van der Waals surface area contributed by atoms with Crippen LogP contribution in [0.1, 0.15) is 90.5 Å². The van der Waals surface area contributed by atoms with Crippen molar-refractivity contribution < 1.29 is 25.8 Å². The Bertz CT molecular complexity index is 3180. The van der Waals surface area contributed by atoms with Gasteiger partial charge < -0.3 is 19.1 Å². The molecule has 1 aliphatic rings. The number of ether oxygens (including phenoxy) is 1. The summed E-state index contributed by atoms with van der Waals surface area (Å²) in [7, 11) is 0. The second-order valence-electron chi connectivity index (χ2n) is 19.7. The third-order valence-corrected chi connectivity index (χ3v) is 13.6. The maximum atomic E-state index is 6.74. The summed E-state index contributed by atoms with van der Waals surface area (Å²) in [4.78, 5) is 9.58. The maximum Gasteiger partial charge on any atom is 0.135 e. The van der Waals surface area contributed by atoms with Crippen molar-refractivity contribution in [1.29, 1.82) is 0 Å². The van der Waals surface area contributed by atoms with Gasteiger partial charge in [0.2, 0.25) is 0 Å². The fourth-order valence-electron chi connectivity index (χ4n) is 9.74. The first-order chi connectivity index (χ1) is 31.8. The fourth-order valence-corrected chi connectivity index (χ4v) is 9.74. The quantitative estimate of drug-likeness (QED) is 0.128. The average molecular weight is 1060 g/mol. The molecule has 6 heteroatoms. The zero-order valence-corrected chi connectivity index (χ0v) is 41.9. The molecule has 0 saturated carbocycles. The standard InChI is InChI=1S/C61H57N4O.Pt/c1-9-61(10-2,44-22-15-12-16-23-44)45-32-33-62-58(38-45)65-54-31-28-43(42-20-13-11-14-21-42)34-53(54)52-30-29-51(40-57(52)65)66-50-25-19-24-48(39-50)63-41-64(56-27-18-17-26-55(56)63)49-36-46(59(3,4)5)35-47(37-49)60(6,7)8;/h11-38,41H,9-10H2,1-8H3;/q-3;. The van der Waals surface area contributed by atoms with Crippen molar-refractivity contribution in [2.75, 3.05) is 9.80 Å². The largest absolute Gasteiger partial charge is 0.509 e. The van der Waals surface area contributed by atoms with Gasteiger partial charge in [-0.15, -0.1) is 48.1 Å². The van der Waals surface area contributed by atoms with Crippen molar-refractivity contribution in [3.8, 4) is 28.4 Å². The van der Waals surface area contributed by atoms with Crippen LogP contribution in [0, 0.1) is 18.8 Å². The van der Waals surface area contributed by atoms with E-state index < -0.39 is 0 Å². The molecule has 0 atom stereocenters. The Morgan fingerprint density at radius 1 is 0.537 bits per heavy atom. The summed E-state index contributed by atoms with van der Waals surface area (Å²) in [5, 5.41) is 2.21. The Labute approximate surface area is 411 Å². The van der Waals surface area contributed by atoms with Gasteiger partial charge in [-0.2, -0.15) is 12.1 Å². The fraction of sp³-hybridized carbons (Fsp3) is 0.213. The third-order valence-electron chi connectivity index (χ3n) is 13.6. The molecule has 340 valence electrons. The van der Waals surface area contributed by atoms with Crippen molar-refractivity contribution in [2.24, 2.45) is 0 Å². The monoisotopic (exact) mass is 1060 g/mol. The van der Waals surface area contributed by atoms with Crippen molar-refractivity contribution in [1.82, 2.24) is 9.55 Å². The molecule has 0 saturated heterocycles. The van der Waals surface area contributed by atoms with Gasteiger partial charge in [-0.3, -0.25) is 0 Å². The molecule has 2 aromatic heterocycles. The molecule has 1 aliphatic heterocycles. The van der Waals surface area contributed by atoms with Crippen molar-refractivity contribution in [2.45, 2.75) is 84.5 Å². The van der Waals surface area contributed by atoms with Crippen LogP contribution in [0.4, 0.5) is 22.7 Å². The zero-order valence-electron chi connectivity index (χ0n) is 39.7. The van der Waals surface area contributed by atoms with Crippen LogP contribution in [-0.2, 0) is 37.3 Å². The Morgan fingerprint density at radius 3 is 1.85 bits per heavy atom. The molecule has 0 unspecified atom stereocenters. The van der Waals surface area contributed by atoms with Crippen LogP contribution in [0.25, 0.3) is 38.8 Å². The smallest absolute Gasteiger partial charge is 0.135 e. The number of hydrogen-bond donors (Lipinski definition) is 0.